The molecule has 1 N–H and O–H groups in total. The van der Waals surface area contributed by atoms with Crippen molar-refractivity contribution < 1.29 is 32.5 Å². The molecule has 1 aromatic carbocycles. The molecule has 2 aromatic rings. The van der Waals surface area contributed by atoms with Crippen molar-refractivity contribution in [1.29, 1.82) is 0 Å². The molecule has 0 amide bonds. The van der Waals surface area contributed by atoms with E-state index in [-0.39, 0.29) is 11.3 Å². The van der Waals surface area contributed by atoms with Crippen LogP contribution in [0.5, 0.6) is 11.6 Å². The van der Waals surface area contributed by atoms with Gasteiger partial charge in [0.25, 0.3) is 0 Å². The van der Waals surface area contributed by atoms with Crippen LogP contribution in [0.4, 0.5) is 18.0 Å². The van der Waals surface area contributed by atoms with Crippen molar-refractivity contribution >= 4 is 6.16 Å². The first-order valence-corrected chi connectivity index (χ1v) is 5.93. The molecular weight excluding hydrogens is 303 g/mol. The molecule has 8 heteroatoms. The smallest absolute Gasteiger partial charge is 0.481 e. The number of aromatic nitrogens is 1. The fourth-order valence-corrected chi connectivity index (χ4v) is 1.82. The molecule has 0 aliphatic carbocycles. The average molecular weight is 313 g/mol. The predicted molar refractivity (Wildman–Crippen MR) is 69.9 cm³/mol. The Bertz CT molecular complexity index is 701. The van der Waals surface area contributed by atoms with Gasteiger partial charge in [0.2, 0.25) is 5.88 Å². The molecule has 0 saturated carbocycles. The summed E-state index contributed by atoms with van der Waals surface area (Å²) in [5, 5.41) is 8.55. The van der Waals surface area contributed by atoms with Crippen LogP contribution in [0.3, 0.4) is 0 Å². The second kappa shape index (κ2) is 5.92. The molecule has 0 radical (unpaired) electrons. The van der Waals surface area contributed by atoms with E-state index in [9.17, 15) is 18.0 Å². The van der Waals surface area contributed by atoms with Crippen LogP contribution in [0.2, 0.25) is 0 Å². The SMILES string of the molecule is COc1ncc(-c2cccc(OC(=O)O)c2)cc1C(F)(F)F. The van der Waals surface area contributed by atoms with Crippen molar-refractivity contribution in [3.63, 3.8) is 0 Å². The second-order valence-electron chi connectivity index (χ2n) is 4.17. The molecule has 0 aliphatic heterocycles. The average Bonchev–Trinajstić information content (AvgIpc) is 2.45. The van der Waals surface area contributed by atoms with Gasteiger partial charge in [-0.15, -0.1) is 0 Å². The maximum atomic E-state index is 13.0. The topological polar surface area (TPSA) is 68.7 Å². The highest BCUT2D eigenvalue weighted by atomic mass is 19.4. The number of nitrogens with zero attached hydrogens (tertiary/aromatic N) is 1. The third kappa shape index (κ3) is 3.46. The number of halogens is 3. The van der Waals surface area contributed by atoms with E-state index >= 15 is 0 Å². The molecule has 0 aliphatic rings. The number of rotatable bonds is 3. The summed E-state index contributed by atoms with van der Waals surface area (Å²) in [4.78, 5) is 14.1. The van der Waals surface area contributed by atoms with Gasteiger partial charge in [0.1, 0.15) is 11.3 Å². The summed E-state index contributed by atoms with van der Waals surface area (Å²) < 4.78 is 48.0. The van der Waals surface area contributed by atoms with Crippen molar-refractivity contribution in [2.24, 2.45) is 0 Å². The molecule has 1 heterocycles. The second-order valence-corrected chi connectivity index (χ2v) is 4.17. The van der Waals surface area contributed by atoms with Gasteiger partial charge in [-0.25, -0.2) is 9.78 Å². The predicted octanol–water partition coefficient (Wildman–Crippen LogP) is 3.83. The van der Waals surface area contributed by atoms with Crippen LogP contribution >= 0.6 is 0 Å². The Labute approximate surface area is 122 Å². The van der Waals surface area contributed by atoms with Crippen LogP contribution in [-0.4, -0.2) is 23.4 Å². The van der Waals surface area contributed by atoms with Crippen LogP contribution in [0.25, 0.3) is 11.1 Å². The van der Waals surface area contributed by atoms with Crippen molar-refractivity contribution in [3.8, 4) is 22.8 Å². The maximum Gasteiger partial charge on any atom is 0.511 e. The van der Waals surface area contributed by atoms with E-state index in [0.717, 1.165) is 13.2 Å². The molecule has 0 bridgehead atoms. The monoisotopic (exact) mass is 313 g/mol. The van der Waals surface area contributed by atoms with Crippen molar-refractivity contribution in [3.05, 3.63) is 42.1 Å². The van der Waals surface area contributed by atoms with Gasteiger partial charge in [0.15, 0.2) is 0 Å². The van der Waals surface area contributed by atoms with Gasteiger partial charge >= 0.3 is 12.3 Å². The standard InChI is InChI=1S/C14H10F3NO4/c1-21-12-11(14(15,16)17)6-9(7-18-12)8-3-2-4-10(5-8)22-13(19)20/h2-7H,1H3,(H,19,20). The largest absolute Gasteiger partial charge is 0.511 e. The molecule has 5 nitrogen and oxygen atoms in total. The minimum Gasteiger partial charge on any atom is -0.481 e. The van der Waals surface area contributed by atoms with Gasteiger partial charge < -0.3 is 14.6 Å². The summed E-state index contributed by atoms with van der Waals surface area (Å²) in [6, 6.07) is 6.53. The number of pyridine rings is 1. The molecule has 0 spiro atoms. The molecule has 22 heavy (non-hydrogen) atoms. The summed E-state index contributed by atoms with van der Waals surface area (Å²) in [5.41, 5.74) is -0.527. The molecular formula is C14H10F3NO4. The molecule has 0 unspecified atom stereocenters. The fraction of sp³-hybridized carbons (Fsp3) is 0.143. The van der Waals surface area contributed by atoms with Gasteiger partial charge in [-0.1, -0.05) is 12.1 Å². The van der Waals surface area contributed by atoms with E-state index < -0.39 is 23.8 Å². The fourth-order valence-electron chi connectivity index (χ4n) is 1.82. The number of carbonyl (C=O) groups is 1. The van der Waals surface area contributed by atoms with Crippen LogP contribution in [0.1, 0.15) is 5.56 Å². The summed E-state index contributed by atoms with van der Waals surface area (Å²) in [5.74, 6) is -0.538. The van der Waals surface area contributed by atoms with Gasteiger partial charge in [-0.2, -0.15) is 13.2 Å². The molecule has 116 valence electrons. The number of methoxy groups -OCH3 is 1. The molecule has 0 atom stereocenters. The zero-order chi connectivity index (χ0) is 16.3. The third-order valence-electron chi connectivity index (χ3n) is 2.72. The highest BCUT2D eigenvalue weighted by Gasteiger charge is 2.35. The summed E-state index contributed by atoms with van der Waals surface area (Å²) >= 11 is 0. The van der Waals surface area contributed by atoms with Gasteiger partial charge in [0.05, 0.1) is 7.11 Å². The lowest BCUT2D eigenvalue weighted by molar-refractivity contribution is -0.139. The zero-order valence-electron chi connectivity index (χ0n) is 11.2. The minimum atomic E-state index is -4.62. The molecule has 2 rings (SSSR count). The number of hydrogen-bond donors (Lipinski definition) is 1. The lowest BCUT2D eigenvalue weighted by Gasteiger charge is -2.12. The van der Waals surface area contributed by atoms with E-state index in [4.69, 9.17) is 5.11 Å². The van der Waals surface area contributed by atoms with Crippen LogP contribution < -0.4 is 9.47 Å². The van der Waals surface area contributed by atoms with Crippen LogP contribution in [0.15, 0.2) is 36.5 Å². The lowest BCUT2D eigenvalue weighted by atomic mass is 10.1. The lowest BCUT2D eigenvalue weighted by Crippen LogP contribution is -2.09. The summed E-state index contributed by atoms with van der Waals surface area (Å²) in [7, 11) is 1.10. The van der Waals surface area contributed by atoms with E-state index in [0.29, 0.717) is 5.56 Å². The third-order valence-corrected chi connectivity index (χ3v) is 2.72. The van der Waals surface area contributed by atoms with Crippen LogP contribution in [-0.2, 0) is 6.18 Å². The first-order valence-electron chi connectivity index (χ1n) is 5.93. The van der Waals surface area contributed by atoms with Gasteiger partial charge in [-0.05, 0) is 23.8 Å². The molecule has 0 saturated heterocycles. The number of ether oxygens (including phenoxy) is 2. The van der Waals surface area contributed by atoms with Crippen molar-refractivity contribution in [2.75, 3.05) is 7.11 Å². The zero-order valence-corrected chi connectivity index (χ0v) is 11.2. The Morgan fingerprint density at radius 1 is 1.23 bits per heavy atom. The molecule has 1 aromatic heterocycles. The number of alkyl halides is 3. The highest BCUT2D eigenvalue weighted by molar-refractivity contribution is 5.68. The van der Waals surface area contributed by atoms with Gasteiger partial charge in [0, 0.05) is 11.8 Å². The van der Waals surface area contributed by atoms with E-state index in [1.807, 2.05) is 0 Å². The maximum absolute atomic E-state index is 13.0. The van der Waals surface area contributed by atoms with E-state index in [2.05, 4.69) is 14.5 Å². The van der Waals surface area contributed by atoms with Gasteiger partial charge in [-0.3, -0.25) is 0 Å². The highest BCUT2D eigenvalue weighted by Crippen LogP contribution is 2.37. The quantitative estimate of drug-likeness (QED) is 0.689. The van der Waals surface area contributed by atoms with E-state index in [1.54, 1.807) is 0 Å². The Balaban J connectivity index is 2.47. The Hall–Kier alpha value is -2.77. The van der Waals surface area contributed by atoms with Crippen molar-refractivity contribution in [2.45, 2.75) is 6.18 Å². The first-order chi connectivity index (χ1) is 10.3. The number of hydrogen-bond acceptors (Lipinski definition) is 4. The molecule has 0 fully saturated rings. The number of benzene rings is 1. The summed E-state index contributed by atoms with van der Waals surface area (Å²) in [6.07, 6.45) is -4.93. The van der Waals surface area contributed by atoms with Crippen LogP contribution in [0, 0.1) is 0 Å². The minimum absolute atomic E-state index is 0.00521. The Morgan fingerprint density at radius 2 is 1.95 bits per heavy atom. The van der Waals surface area contributed by atoms with Crippen molar-refractivity contribution in [1.82, 2.24) is 4.98 Å². The number of carboxylic acid groups (broad SMARTS) is 1. The Kier molecular flexibility index (Phi) is 4.20. The normalized spacial score (nSPS) is 11.1. The first kappa shape index (κ1) is 15.6. The Morgan fingerprint density at radius 3 is 2.55 bits per heavy atom. The summed E-state index contributed by atoms with van der Waals surface area (Å²) in [6.45, 7) is 0. The van der Waals surface area contributed by atoms with E-state index in [1.165, 1.54) is 30.5 Å².